The van der Waals surface area contributed by atoms with Crippen molar-refractivity contribution in [3.05, 3.63) is 0 Å². The molecule has 0 spiro atoms. The topological polar surface area (TPSA) is 332 Å². The Morgan fingerprint density at radius 2 is 0.481 bits per heavy atom. The molecule has 438 valence electrons. The minimum absolute atomic E-state index is 0.0901. The Morgan fingerprint density at radius 3 is 0.688 bits per heavy atom. The van der Waals surface area contributed by atoms with Crippen molar-refractivity contribution >= 4 is 71.3 Å². The second-order valence-corrected chi connectivity index (χ2v) is 22.2. The molecule has 1 rings (SSSR count). The second kappa shape index (κ2) is 31.1. The number of rotatable bonds is 9. The van der Waals surface area contributed by atoms with Crippen molar-refractivity contribution in [3.8, 4) is 0 Å². The van der Waals surface area contributed by atoms with Crippen LogP contribution >= 0.6 is 0 Å². The van der Waals surface area contributed by atoms with Crippen LogP contribution in [0.15, 0.2) is 0 Å². The molecule has 0 aliphatic carbocycles. The minimum atomic E-state index is -1.55. The zero-order chi connectivity index (χ0) is 59.7. The number of hydrogen-bond donors (Lipinski definition) is 6. The van der Waals surface area contributed by atoms with E-state index >= 15 is 0 Å². The maximum atomic E-state index is 13.8. The van der Waals surface area contributed by atoms with Gasteiger partial charge in [0.15, 0.2) is 36.6 Å². The summed E-state index contributed by atoms with van der Waals surface area (Å²) in [4.78, 5) is 164. The van der Waals surface area contributed by atoms with Gasteiger partial charge in [-0.1, -0.05) is 118 Å². The van der Waals surface area contributed by atoms with E-state index in [4.69, 9.17) is 28.4 Å². The van der Waals surface area contributed by atoms with Crippen LogP contribution in [0.1, 0.15) is 145 Å². The van der Waals surface area contributed by atoms with Gasteiger partial charge in [-0.3, -0.25) is 28.8 Å². The molecular formula is C53H88N6O18. The second-order valence-electron chi connectivity index (χ2n) is 22.2. The lowest BCUT2D eigenvalue weighted by molar-refractivity contribution is -0.167. The van der Waals surface area contributed by atoms with Crippen LogP contribution in [0.3, 0.4) is 0 Å². The zero-order valence-corrected chi connectivity index (χ0v) is 48.6. The molecule has 1 heterocycles. The Hall–Kier alpha value is -6.36. The van der Waals surface area contributed by atoms with Gasteiger partial charge in [-0.2, -0.15) is 0 Å². The predicted molar refractivity (Wildman–Crippen MR) is 277 cm³/mol. The number of hydrogen-bond acceptors (Lipinski definition) is 18. The van der Waals surface area contributed by atoms with Crippen LogP contribution in [0.2, 0.25) is 0 Å². The third-order valence-electron chi connectivity index (χ3n) is 12.4. The fraction of sp³-hybridized carbons (Fsp3) is 0.774. The standard InChI is InChI=1S/C53H88N6O18/c1-21-33-45(63)57-34(22(2)3)48(66)72-31(19)43(61)55-38(26(10)11)52(70)76-41(29(16)17)47(65)59-36(24(6)7)50(68)74-32(20)44(62)56-39(27(12)13)53(71)77-40(28(14)15)46(64)58-35(23(4)5)49(67)73-30(18)42(60)54-37(25(8)9)51(69)75-33/h22-41H,21H2,1-20H3,(H,54,60)(H,55,61)(H,56,62)(H,57,63)(H,58,64)(H,59,65)/t30-,31-,32-,33+,34+,35+,36+,37-,38-,39-,40+,41+/m0/s1. The van der Waals surface area contributed by atoms with Crippen molar-refractivity contribution in [2.24, 2.45) is 47.3 Å². The van der Waals surface area contributed by atoms with Gasteiger partial charge in [0, 0.05) is 0 Å². The number of nitrogens with one attached hydrogen (secondary N) is 6. The highest BCUT2D eigenvalue weighted by Crippen LogP contribution is 2.19. The number of esters is 6. The number of carbonyl (C=O) groups is 12. The van der Waals surface area contributed by atoms with E-state index in [2.05, 4.69) is 31.9 Å². The van der Waals surface area contributed by atoms with E-state index in [-0.39, 0.29) is 6.42 Å². The van der Waals surface area contributed by atoms with Gasteiger partial charge in [0.05, 0.1) is 0 Å². The zero-order valence-electron chi connectivity index (χ0n) is 48.6. The summed E-state index contributed by atoms with van der Waals surface area (Å²) in [6.45, 7) is 30.5. The molecule has 6 N–H and O–H groups in total. The molecule has 0 bridgehead atoms. The highest BCUT2D eigenvalue weighted by atomic mass is 16.6. The van der Waals surface area contributed by atoms with Gasteiger partial charge in [-0.05, 0) is 74.5 Å². The van der Waals surface area contributed by atoms with Gasteiger partial charge < -0.3 is 60.3 Å². The molecule has 0 aromatic carbocycles. The first-order valence-corrected chi connectivity index (χ1v) is 26.5. The first kappa shape index (κ1) is 68.7. The summed E-state index contributed by atoms with van der Waals surface area (Å²) in [5, 5.41) is 15.1. The molecule has 24 heteroatoms. The van der Waals surface area contributed by atoms with Crippen molar-refractivity contribution < 1.29 is 86.0 Å². The van der Waals surface area contributed by atoms with E-state index in [1.165, 1.54) is 27.7 Å². The van der Waals surface area contributed by atoms with E-state index in [1.54, 1.807) is 111 Å². The first-order valence-electron chi connectivity index (χ1n) is 26.5. The Kier molecular flexibility index (Phi) is 27.8. The van der Waals surface area contributed by atoms with Gasteiger partial charge in [0.2, 0.25) is 0 Å². The van der Waals surface area contributed by atoms with E-state index < -0.39 is 191 Å². The molecule has 0 aromatic heterocycles. The van der Waals surface area contributed by atoms with Crippen LogP contribution < -0.4 is 31.9 Å². The van der Waals surface area contributed by atoms with Crippen molar-refractivity contribution in [2.75, 3.05) is 0 Å². The molecule has 0 aromatic rings. The maximum absolute atomic E-state index is 13.8. The molecule has 1 saturated heterocycles. The SMILES string of the molecule is CC[C@H]1OC(=O)[C@H](C(C)C)NC(=O)[C@H](C)OC(=O)[C@@H](C(C)C)NC(=O)[C@@H](C(C)C)OC(=O)[C@H](C(C)C)NC(=O)[C@H](C)OC(=O)[C@@H](C(C)C)NC(=O)[C@@H](C(C)C)OC(=O)[C@H](C(C)C)NC(=O)[C@H](C)OC(=O)[C@@H](C(C)C)NC1=O. The first-order chi connectivity index (χ1) is 35.5. The molecule has 24 nitrogen and oxygen atoms in total. The van der Waals surface area contributed by atoms with E-state index in [9.17, 15) is 57.5 Å². The quantitative estimate of drug-likeness (QED) is 0.142. The van der Waals surface area contributed by atoms with Gasteiger partial charge in [0.25, 0.3) is 35.4 Å². The third-order valence-corrected chi connectivity index (χ3v) is 12.4. The Balaban J connectivity index is 3.83. The summed E-state index contributed by atoms with van der Waals surface area (Å²) in [5.74, 6) is -17.1. The predicted octanol–water partition coefficient (Wildman–Crippen LogP) is 2.10. The highest BCUT2D eigenvalue weighted by molar-refractivity contribution is 5.95. The average molecular weight is 1100 g/mol. The molecule has 1 aliphatic heterocycles. The van der Waals surface area contributed by atoms with Crippen LogP contribution in [-0.2, 0) is 86.0 Å². The lowest BCUT2D eigenvalue weighted by atomic mass is 10.0. The normalized spacial score (nSPS) is 29.0. The van der Waals surface area contributed by atoms with Crippen molar-refractivity contribution in [2.45, 2.75) is 218 Å². The lowest BCUT2D eigenvalue weighted by Crippen LogP contribution is -2.56. The summed E-state index contributed by atoms with van der Waals surface area (Å²) in [5.41, 5.74) is 0. The number of carbonyl (C=O) groups excluding carboxylic acids is 12. The van der Waals surface area contributed by atoms with Crippen molar-refractivity contribution in [3.63, 3.8) is 0 Å². The third kappa shape index (κ3) is 20.8. The van der Waals surface area contributed by atoms with Gasteiger partial charge in [-0.25, -0.2) is 28.8 Å². The Labute approximate surface area is 453 Å². The summed E-state index contributed by atoms with van der Waals surface area (Å²) in [7, 11) is 0. The summed E-state index contributed by atoms with van der Waals surface area (Å²) >= 11 is 0. The maximum Gasteiger partial charge on any atom is 0.329 e. The van der Waals surface area contributed by atoms with E-state index in [0.717, 1.165) is 0 Å². The molecule has 77 heavy (non-hydrogen) atoms. The van der Waals surface area contributed by atoms with E-state index in [0.29, 0.717) is 0 Å². The lowest BCUT2D eigenvalue weighted by Gasteiger charge is -2.30. The van der Waals surface area contributed by atoms with Gasteiger partial charge in [0.1, 0.15) is 36.3 Å². The largest absolute Gasteiger partial charge is 0.451 e. The average Bonchev–Trinajstić information content (AvgIpc) is 3.31. The molecule has 0 radical (unpaired) electrons. The number of cyclic esters (lactones) is 6. The highest BCUT2D eigenvalue weighted by Gasteiger charge is 2.41. The summed E-state index contributed by atoms with van der Waals surface area (Å²) in [6.07, 6.45) is -9.29. The summed E-state index contributed by atoms with van der Waals surface area (Å²) in [6, 6.07) is -8.34. The van der Waals surface area contributed by atoms with Crippen molar-refractivity contribution in [1.29, 1.82) is 0 Å². The van der Waals surface area contributed by atoms with E-state index in [1.807, 2.05) is 0 Å². The van der Waals surface area contributed by atoms with Crippen LogP contribution in [0.5, 0.6) is 0 Å². The molecule has 0 saturated carbocycles. The Bertz CT molecular complexity index is 2080. The molecule has 6 amide bonds. The molecule has 0 unspecified atom stereocenters. The fourth-order valence-electron chi connectivity index (χ4n) is 7.34. The number of ether oxygens (including phenoxy) is 6. The van der Waals surface area contributed by atoms with Crippen molar-refractivity contribution in [1.82, 2.24) is 31.9 Å². The smallest absolute Gasteiger partial charge is 0.329 e. The monoisotopic (exact) mass is 1100 g/mol. The van der Waals surface area contributed by atoms with Crippen LogP contribution in [0, 0.1) is 47.3 Å². The van der Waals surface area contributed by atoms with Crippen LogP contribution in [-0.4, -0.2) is 144 Å². The molecule has 1 aliphatic rings. The minimum Gasteiger partial charge on any atom is -0.451 e. The van der Waals surface area contributed by atoms with Gasteiger partial charge >= 0.3 is 35.8 Å². The van der Waals surface area contributed by atoms with Gasteiger partial charge in [-0.15, -0.1) is 0 Å². The fourth-order valence-corrected chi connectivity index (χ4v) is 7.34. The molecular weight excluding hydrogens is 1010 g/mol. The molecule has 1 fully saturated rings. The Morgan fingerprint density at radius 1 is 0.286 bits per heavy atom. The van der Waals surface area contributed by atoms with Crippen LogP contribution in [0.25, 0.3) is 0 Å². The van der Waals surface area contributed by atoms with Crippen LogP contribution in [0.4, 0.5) is 0 Å². The number of amides is 6. The molecule has 12 atom stereocenters. The summed E-state index contributed by atoms with van der Waals surface area (Å²) < 4.78 is 33.3.